The van der Waals surface area contributed by atoms with Crippen molar-refractivity contribution in [2.45, 2.75) is 39.7 Å². The second kappa shape index (κ2) is 10.3. The Bertz CT molecular complexity index is 1350. The van der Waals surface area contributed by atoms with Crippen LogP contribution in [0, 0.1) is 0 Å². The molecule has 0 saturated heterocycles. The second-order valence-corrected chi connectivity index (χ2v) is 8.30. The van der Waals surface area contributed by atoms with E-state index >= 15 is 0 Å². The number of aryl methyl sites for hydroxylation is 1. The summed E-state index contributed by atoms with van der Waals surface area (Å²) in [7, 11) is 0. The molecule has 0 aliphatic rings. The van der Waals surface area contributed by atoms with Gasteiger partial charge in [-0.2, -0.15) is 5.10 Å². The van der Waals surface area contributed by atoms with Gasteiger partial charge in [-0.25, -0.2) is 4.68 Å². The zero-order valence-electron chi connectivity index (χ0n) is 19.8. The van der Waals surface area contributed by atoms with E-state index in [0.29, 0.717) is 17.8 Å². The highest BCUT2D eigenvalue weighted by molar-refractivity contribution is 6.10. The monoisotopic (exact) mass is 451 g/mol. The summed E-state index contributed by atoms with van der Waals surface area (Å²) in [5, 5.41) is 7.71. The second-order valence-electron chi connectivity index (χ2n) is 8.30. The van der Waals surface area contributed by atoms with Gasteiger partial charge in [-0.3, -0.25) is 9.59 Å². The Morgan fingerprint density at radius 2 is 1.47 bits per heavy atom. The highest BCUT2D eigenvalue weighted by atomic mass is 16.2. The van der Waals surface area contributed by atoms with Gasteiger partial charge in [0.1, 0.15) is 5.56 Å². The largest absolute Gasteiger partial charge is 0.322 e. The van der Waals surface area contributed by atoms with Crippen LogP contribution in [0.25, 0.3) is 22.4 Å². The van der Waals surface area contributed by atoms with Crippen molar-refractivity contribution in [3.63, 3.8) is 0 Å². The molecule has 172 valence electrons. The fourth-order valence-electron chi connectivity index (χ4n) is 4.12. The normalized spacial score (nSPS) is 11.7. The van der Waals surface area contributed by atoms with E-state index in [1.807, 2.05) is 91.9 Å². The van der Waals surface area contributed by atoms with Crippen molar-refractivity contribution >= 4 is 11.6 Å². The molecule has 1 heterocycles. The van der Waals surface area contributed by atoms with E-state index in [0.717, 1.165) is 28.8 Å². The molecule has 1 atom stereocenters. The Kier molecular flexibility index (Phi) is 7.02. The molecule has 5 nitrogen and oxygen atoms in total. The number of carbonyl (C=O) groups is 1. The molecule has 1 unspecified atom stereocenters. The third-order valence-corrected chi connectivity index (χ3v) is 6.14. The third-order valence-electron chi connectivity index (χ3n) is 6.14. The van der Waals surface area contributed by atoms with E-state index in [4.69, 9.17) is 0 Å². The maximum Gasteiger partial charge on any atom is 0.280 e. The Morgan fingerprint density at radius 3 is 2.09 bits per heavy atom. The lowest BCUT2D eigenvalue weighted by Gasteiger charge is -2.19. The van der Waals surface area contributed by atoms with E-state index in [9.17, 15) is 9.59 Å². The van der Waals surface area contributed by atoms with Gasteiger partial charge < -0.3 is 5.32 Å². The topological polar surface area (TPSA) is 64.0 Å². The van der Waals surface area contributed by atoms with Gasteiger partial charge in [0.25, 0.3) is 11.5 Å². The summed E-state index contributed by atoms with van der Waals surface area (Å²) >= 11 is 0. The molecule has 0 aliphatic heterocycles. The number of carbonyl (C=O) groups excluding carboxylic acids is 1. The van der Waals surface area contributed by atoms with Crippen molar-refractivity contribution in [2.75, 3.05) is 5.32 Å². The third kappa shape index (κ3) is 4.55. The number of aromatic nitrogens is 2. The van der Waals surface area contributed by atoms with Crippen LogP contribution in [0.5, 0.6) is 0 Å². The van der Waals surface area contributed by atoms with Crippen LogP contribution in [0.2, 0.25) is 0 Å². The molecule has 1 amide bonds. The van der Waals surface area contributed by atoms with Gasteiger partial charge in [0.05, 0.1) is 5.69 Å². The molecule has 0 bridgehead atoms. The molecule has 5 heteroatoms. The maximum absolute atomic E-state index is 13.8. The van der Waals surface area contributed by atoms with Gasteiger partial charge in [0, 0.05) is 23.4 Å². The van der Waals surface area contributed by atoms with E-state index < -0.39 is 11.5 Å². The molecule has 34 heavy (non-hydrogen) atoms. The van der Waals surface area contributed by atoms with Gasteiger partial charge in [-0.15, -0.1) is 0 Å². The Hall–Kier alpha value is -3.99. The van der Waals surface area contributed by atoms with E-state index in [1.165, 1.54) is 4.68 Å². The number of hydrogen-bond donors (Lipinski definition) is 1. The first kappa shape index (κ1) is 23.2. The van der Waals surface area contributed by atoms with Crippen molar-refractivity contribution in [1.82, 2.24) is 9.78 Å². The zero-order chi connectivity index (χ0) is 24.1. The number of nitrogens with one attached hydrogen (secondary N) is 1. The van der Waals surface area contributed by atoms with Crippen LogP contribution in [-0.4, -0.2) is 15.7 Å². The van der Waals surface area contributed by atoms with Crippen LogP contribution in [0.4, 0.5) is 5.69 Å². The highest BCUT2D eigenvalue weighted by Crippen LogP contribution is 2.33. The highest BCUT2D eigenvalue weighted by Gasteiger charge is 2.25. The summed E-state index contributed by atoms with van der Waals surface area (Å²) in [6.07, 6.45) is 0.943. The lowest BCUT2D eigenvalue weighted by atomic mass is 9.94. The first-order valence-electron chi connectivity index (χ1n) is 11.7. The number of amides is 1. The first-order chi connectivity index (χ1) is 16.5. The van der Waals surface area contributed by atoms with Crippen LogP contribution in [0.15, 0.2) is 89.7 Å². The number of hydrogen-bond acceptors (Lipinski definition) is 3. The molecular weight excluding hydrogens is 422 g/mol. The molecule has 0 spiro atoms. The average Bonchev–Trinajstić information content (AvgIpc) is 2.89. The van der Waals surface area contributed by atoms with Crippen LogP contribution in [-0.2, 0) is 6.54 Å². The van der Waals surface area contributed by atoms with Crippen LogP contribution in [0.1, 0.15) is 49.0 Å². The van der Waals surface area contributed by atoms with E-state index in [2.05, 4.69) is 24.3 Å². The summed E-state index contributed by atoms with van der Waals surface area (Å²) in [6.45, 7) is 6.46. The summed E-state index contributed by atoms with van der Waals surface area (Å²) in [5.74, 6) is -0.156. The molecule has 3 aromatic carbocycles. The molecule has 1 N–H and O–H groups in total. The molecule has 4 aromatic rings. The summed E-state index contributed by atoms with van der Waals surface area (Å²) in [6, 6.07) is 27.0. The molecule has 0 saturated carbocycles. The predicted octanol–water partition coefficient (Wildman–Crippen LogP) is 6.36. The fourth-order valence-corrected chi connectivity index (χ4v) is 4.12. The molecule has 4 rings (SSSR count). The van der Waals surface area contributed by atoms with E-state index in [1.54, 1.807) is 0 Å². The maximum atomic E-state index is 13.8. The lowest BCUT2D eigenvalue weighted by Crippen LogP contribution is -2.32. The van der Waals surface area contributed by atoms with Crippen LogP contribution < -0.4 is 10.9 Å². The first-order valence-corrected chi connectivity index (χ1v) is 11.7. The Balaban J connectivity index is 1.95. The van der Waals surface area contributed by atoms with Gasteiger partial charge >= 0.3 is 0 Å². The van der Waals surface area contributed by atoms with Gasteiger partial charge in [0.15, 0.2) is 0 Å². The number of nitrogens with zero attached hydrogens (tertiary/aromatic N) is 2. The standard InChI is InChI=1S/C29H29N3O2/c1-4-20(3)23-18-12-13-19-24(23)30-28(33)26-25(21-14-8-6-9-15-21)27(22-16-10-7-11-17-22)31-32(5-2)29(26)34/h6-20H,4-5H2,1-3H3,(H,30,33). The minimum atomic E-state index is -0.429. The molecule has 0 radical (unpaired) electrons. The van der Waals surface area contributed by atoms with Crippen molar-refractivity contribution in [2.24, 2.45) is 0 Å². The predicted molar refractivity (Wildman–Crippen MR) is 138 cm³/mol. The summed E-state index contributed by atoms with van der Waals surface area (Å²) in [4.78, 5) is 27.3. The van der Waals surface area contributed by atoms with Crippen LogP contribution >= 0.6 is 0 Å². The summed E-state index contributed by atoms with van der Waals surface area (Å²) < 4.78 is 1.37. The minimum Gasteiger partial charge on any atom is -0.322 e. The van der Waals surface area contributed by atoms with Crippen LogP contribution in [0.3, 0.4) is 0 Å². The molecule has 0 aliphatic carbocycles. The number of rotatable bonds is 7. The van der Waals surface area contributed by atoms with Crippen molar-refractivity contribution < 1.29 is 4.79 Å². The lowest BCUT2D eigenvalue weighted by molar-refractivity contribution is 0.102. The molecular formula is C29H29N3O2. The van der Waals surface area contributed by atoms with Crippen molar-refractivity contribution in [3.8, 4) is 22.4 Å². The Morgan fingerprint density at radius 1 is 0.882 bits per heavy atom. The number of benzene rings is 3. The van der Waals surface area contributed by atoms with Crippen molar-refractivity contribution in [3.05, 3.63) is 106 Å². The van der Waals surface area contributed by atoms with Gasteiger partial charge in [-0.05, 0) is 36.5 Å². The molecule has 0 fully saturated rings. The fraction of sp³-hybridized carbons (Fsp3) is 0.207. The quantitative estimate of drug-likeness (QED) is 0.355. The minimum absolute atomic E-state index is 0.0980. The Labute approximate surface area is 200 Å². The smallest absolute Gasteiger partial charge is 0.280 e. The van der Waals surface area contributed by atoms with Gasteiger partial charge in [-0.1, -0.05) is 92.7 Å². The van der Waals surface area contributed by atoms with E-state index in [-0.39, 0.29) is 11.5 Å². The summed E-state index contributed by atoms with van der Waals surface area (Å²) in [5.41, 5.74) is 4.23. The SMILES string of the molecule is CCC(C)c1ccccc1NC(=O)c1c(-c2ccccc2)c(-c2ccccc2)nn(CC)c1=O. The zero-order valence-corrected chi connectivity index (χ0v) is 19.8. The van der Waals surface area contributed by atoms with Gasteiger partial charge in [0.2, 0.25) is 0 Å². The number of para-hydroxylation sites is 1. The average molecular weight is 452 g/mol. The number of anilines is 1. The molecule has 1 aromatic heterocycles. The van der Waals surface area contributed by atoms with Crippen molar-refractivity contribution in [1.29, 1.82) is 0 Å².